The van der Waals surface area contributed by atoms with E-state index in [0.717, 1.165) is 32.1 Å². The van der Waals surface area contributed by atoms with Crippen LogP contribution in [0.2, 0.25) is 0 Å². The molecule has 0 saturated carbocycles. The molecule has 4 nitrogen and oxygen atoms in total. The lowest BCUT2D eigenvalue weighted by molar-refractivity contribution is -0.115. The standard InChI is InChI=1S/C20H14N2O2S3/c1-24-14-8-7-12-9-13(10-17-18(23)22-20(25)27-17)19(21-16(12)11-14)26-15-5-3-2-4-6-15/h2-11H,1H3,(H,22,23,25). The van der Waals surface area contributed by atoms with Crippen molar-refractivity contribution in [2.24, 2.45) is 0 Å². The van der Waals surface area contributed by atoms with E-state index in [9.17, 15) is 4.79 Å². The van der Waals surface area contributed by atoms with Gasteiger partial charge in [0.1, 0.15) is 15.1 Å². The minimum Gasteiger partial charge on any atom is -0.497 e. The summed E-state index contributed by atoms with van der Waals surface area (Å²) in [7, 11) is 1.64. The van der Waals surface area contributed by atoms with E-state index in [1.807, 2.05) is 60.7 Å². The van der Waals surface area contributed by atoms with Crippen LogP contribution in [0.25, 0.3) is 17.0 Å². The normalized spacial score (nSPS) is 15.4. The van der Waals surface area contributed by atoms with Gasteiger partial charge in [-0.3, -0.25) is 4.79 Å². The first kappa shape index (κ1) is 18.0. The lowest BCUT2D eigenvalue weighted by Crippen LogP contribution is -2.17. The Morgan fingerprint density at radius 1 is 1.19 bits per heavy atom. The largest absolute Gasteiger partial charge is 0.497 e. The number of rotatable bonds is 4. The summed E-state index contributed by atoms with van der Waals surface area (Å²) < 4.78 is 5.79. The highest BCUT2D eigenvalue weighted by molar-refractivity contribution is 8.26. The highest BCUT2D eigenvalue weighted by Crippen LogP contribution is 2.35. The van der Waals surface area contributed by atoms with Gasteiger partial charge in [-0.1, -0.05) is 53.9 Å². The average Bonchev–Trinajstić information content (AvgIpc) is 2.99. The summed E-state index contributed by atoms with van der Waals surface area (Å²) in [6, 6.07) is 17.8. The summed E-state index contributed by atoms with van der Waals surface area (Å²) in [6.45, 7) is 0. The molecule has 1 aliphatic heterocycles. The Labute approximate surface area is 170 Å². The summed E-state index contributed by atoms with van der Waals surface area (Å²) in [5.74, 6) is 0.586. The van der Waals surface area contributed by atoms with Gasteiger partial charge in [0, 0.05) is 21.9 Å². The first-order valence-electron chi connectivity index (χ1n) is 8.09. The molecule has 2 heterocycles. The van der Waals surface area contributed by atoms with E-state index in [1.54, 1.807) is 18.9 Å². The minimum absolute atomic E-state index is 0.171. The highest BCUT2D eigenvalue weighted by Gasteiger charge is 2.23. The Morgan fingerprint density at radius 3 is 2.70 bits per heavy atom. The van der Waals surface area contributed by atoms with Gasteiger partial charge in [0.15, 0.2) is 0 Å². The summed E-state index contributed by atoms with van der Waals surface area (Å²) in [5, 5.41) is 4.45. The number of methoxy groups -OCH3 is 1. The van der Waals surface area contributed by atoms with Gasteiger partial charge in [-0.25, -0.2) is 4.98 Å². The number of thiocarbonyl (C=S) groups is 1. The predicted molar refractivity (Wildman–Crippen MR) is 115 cm³/mol. The summed E-state index contributed by atoms with van der Waals surface area (Å²) in [5.41, 5.74) is 1.72. The van der Waals surface area contributed by atoms with Crippen LogP contribution in [0.3, 0.4) is 0 Å². The van der Waals surface area contributed by atoms with Gasteiger partial charge in [0.05, 0.1) is 17.5 Å². The minimum atomic E-state index is -0.171. The zero-order valence-electron chi connectivity index (χ0n) is 14.3. The summed E-state index contributed by atoms with van der Waals surface area (Å²) in [6.07, 6.45) is 1.85. The molecule has 7 heteroatoms. The molecule has 1 aliphatic rings. The van der Waals surface area contributed by atoms with Gasteiger partial charge in [0.2, 0.25) is 0 Å². The Hall–Kier alpha value is -2.35. The number of fused-ring (bicyclic) bond motifs is 1. The van der Waals surface area contributed by atoms with Crippen molar-refractivity contribution in [1.29, 1.82) is 0 Å². The second-order valence-corrected chi connectivity index (χ2v) is 8.49. The molecule has 1 saturated heterocycles. The number of ether oxygens (including phenoxy) is 1. The molecule has 0 unspecified atom stereocenters. The summed E-state index contributed by atoms with van der Waals surface area (Å²) in [4.78, 5) is 18.6. The van der Waals surface area contributed by atoms with Crippen molar-refractivity contribution in [3.63, 3.8) is 0 Å². The van der Waals surface area contributed by atoms with Crippen LogP contribution in [0.1, 0.15) is 5.56 Å². The first-order valence-corrected chi connectivity index (χ1v) is 10.1. The second-order valence-electron chi connectivity index (χ2n) is 5.71. The maximum atomic E-state index is 12.1. The quantitative estimate of drug-likeness (QED) is 0.489. The van der Waals surface area contributed by atoms with Crippen molar-refractivity contribution in [2.75, 3.05) is 7.11 Å². The number of amides is 1. The molecule has 1 N–H and O–H groups in total. The average molecular weight is 411 g/mol. The second kappa shape index (κ2) is 7.72. The Kier molecular flexibility index (Phi) is 5.15. The van der Waals surface area contributed by atoms with Crippen LogP contribution < -0.4 is 10.1 Å². The molecule has 0 spiro atoms. The third-order valence-corrected chi connectivity index (χ3v) is 6.09. The molecule has 0 bridgehead atoms. The fourth-order valence-corrected chi connectivity index (χ4v) is 4.55. The number of aromatic nitrogens is 1. The SMILES string of the molecule is COc1ccc2cc(C=C3SC(=S)NC3=O)c(Sc3ccccc3)nc2c1. The molecule has 27 heavy (non-hydrogen) atoms. The van der Waals surface area contributed by atoms with Crippen molar-refractivity contribution in [1.82, 2.24) is 10.3 Å². The lowest BCUT2D eigenvalue weighted by Gasteiger charge is -2.09. The molecule has 3 aromatic rings. The van der Waals surface area contributed by atoms with Crippen molar-refractivity contribution < 1.29 is 9.53 Å². The first-order chi connectivity index (χ1) is 13.1. The third-order valence-electron chi connectivity index (χ3n) is 3.90. The Morgan fingerprint density at radius 2 is 2.00 bits per heavy atom. The number of thioether (sulfide) groups is 1. The smallest absolute Gasteiger partial charge is 0.263 e. The number of carbonyl (C=O) groups is 1. The van der Waals surface area contributed by atoms with Crippen LogP contribution in [-0.2, 0) is 4.79 Å². The van der Waals surface area contributed by atoms with Crippen LogP contribution in [0.5, 0.6) is 5.75 Å². The molecule has 1 fully saturated rings. The molecule has 0 radical (unpaired) electrons. The number of hydrogen-bond donors (Lipinski definition) is 1. The summed E-state index contributed by atoms with van der Waals surface area (Å²) >= 11 is 7.91. The maximum absolute atomic E-state index is 12.1. The Bertz CT molecular complexity index is 1080. The van der Waals surface area contributed by atoms with Gasteiger partial charge in [0.25, 0.3) is 5.91 Å². The number of nitrogens with zero attached hydrogens (tertiary/aromatic N) is 1. The van der Waals surface area contributed by atoms with Crippen molar-refractivity contribution >= 4 is 62.9 Å². The molecule has 0 aliphatic carbocycles. The fourth-order valence-electron chi connectivity index (χ4n) is 2.62. The number of nitrogens with one attached hydrogen (secondary N) is 1. The molecule has 1 amide bonds. The van der Waals surface area contributed by atoms with Crippen LogP contribution in [0, 0.1) is 0 Å². The van der Waals surface area contributed by atoms with E-state index in [-0.39, 0.29) is 5.91 Å². The molecule has 2 aromatic carbocycles. The van der Waals surface area contributed by atoms with Crippen LogP contribution >= 0.6 is 35.7 Å². The lowest BCUT2D eigenvalue weighted by atomic mass is 10.1. The highest BCUT2D eigenvalue weighted by atomic mass is 32.2. The van der Waals surface area contributed by atoms with Crippen LogP contribution in [-0.4, -0.2) is 22.3 Å². The van der Waals surface area contributed by atoms with Gasteiger partial charge in [-0.15, -0.1) is 0 Å². The number of hydrogen-bond acceptors (Lipinski definition) is 6. The van der Waals surface area contributed by atoms with Gasteiger partial charge < -0.3 is 10.1 Å². The van der Waals surface area contributed by atoms with E-state index >= 15 is 0 Å². The molecule has 4 rings (SSSR count). The van der Waals surface area contributed by atoms with E-state index in [2.05, 4.69) is 5.32 Å². The maximum Gasteiger partial charge on any atom is 0.263 e. The predicted octanol–water partition coefficient (Wildman–Crippen LogP) is 4.88. The van der Waals surface area contributed by atoms with Crippen molar-refractivity contribution in [2.45, 2.75) is 9.92 Å². The van der Waals surface area contributed by atoms with E-state index in [1.165, 1.54) is 11.8 Å². The van der Waals surface area contributed by atoms with E-state index < -0.39 is 0 Å². The Balaban J connectivity index is 1.84. The van der Waals surface area contributed by atoms with Crippen molar-refractivity contribution in [3.8, 4) is 5.75 Å². The van der Waals surface area contributed by atoms with E-state index in [4.69, 9.17) is 21.9 Å². The third kappa shape index (κ3) is 4.00. The zero-order chi connectivity index (χ0) is 18.8. The number of benzene rings is 2. The van der Waals surface area contributed by atoms with Crippen LogP contribution in [0.15, 0.2) is 69.4 Å². The molecule has 1 aromatic heterocycles. The van der Waals surface area contributed by atoms with Gasteiger partial charge >= 0.3 is 0 Å². The van der Waals surface area contributed by atoms with Gasteiger partial charge in [-0.05, 0) is 36.4 Å². The van der Waals surface area contributed by atoms with Gasteiger partial charge in [-0.2, -0.15) is 0 Å². The molecule has 134 valence electrons. The van der Waals surface area contributed by atoms with Crippen molar-refractivity contribution in [3.05, 3.63) is 65.1 Å². The van der Waals surface area contributed by atoms with E-state index in [0.29, 0.717) is 9.23 Å². The topological polar surface area (TPSA) is 51.2 Å². The molecular formula is C20H14N2O2S3. The fraction of sp³-hybridized carbons (Fsp3) is 0.0500. The zero-order valence-corrected chi connectivity index (χ0v) is 16.7. The van der Waals surface area contributed by atoms with Crippen LogP contribution in [0.4, 0.5) is 0 Å². The molecular weight excluding hydrogens is 396 g/mol. The number of pyridine rings is 1. The monoisotopic (exact) mass is 410 g/mol. The molecule has 0 atom stereocenters. The number of carbonyl (C=O) groups excluding carboxylic acids is 1.